The molecule has 3 N–H and O–H groups in total. The van der Waals surface area contributed by atoms with Crippen LogP contribution in [-0.2, 0) is 22.0 Å². The lowest BCUT2D eigenvalue weighted by molar-refractivity contribution is -0.137. The van der Waals surface area contributed by atoms with Gasteiger partial charge in [0.15, 0.2) is 0 Å². The Balaban J connectivity index is 1.96. The summed E-state index contributed by atoms with van der Waals surface area (Å²) in [5.41, 5.74) is -0.263. The average Bonchev–Trinajstić information content (AvgIpc) is 2.74. The van der Waals surface area contributed by atoms with Crippen LogP contribution in [0.4, 0.5) is 17.6 Å². The van der Waals surface area contributed by atoms with E-state index in [-0.39, 0.29) is 31.5 Å². The molecule has 2 rings (SSSR count). The highest BCUT2D eigenvalue weighted by atomic mass is 19.4. The molecule has 0 bridgehead atoms. The molecule has 0 saturated heterocycles. The second kappa shape index (κ2) is 11.8. The fourth-order valence-electron chi connectivity index (χ4n) is 2.99. The number of carbonyl (C=O) groups is 2. The summed E-state index contributed by atoms with van der Waals surface area (Å²) in [6.45, 7) is 1.83. The zero-order chi connectivity index (χ0) is 24.6. The van der Waals surface area contributed by atoms with E-state index in [1.54, 1.807) is 6.92 Å². The molecule has 2 amide bonds. The van der Waals surface area contributed by atoms with Gasteiger partial charge in [0.2, 0.25) is 5.91 Å². The van der Waals surface area contributed by atoms with Crippen LogP contribution in [-0.4, -0.2) is 53.4 Å². The minimum absolute atomic E-state index is 0.0195. The first-order valence-corrected chi connectivity index (χ1v) is 10.0. The van der Waals surface area contributed by atoms with E-state index in [4.69, 9.17) is 14.7 Å². The Hall–Kier alpha value is -2.96. The van der Waals surface area contributed by atoms with Crippen molar-refractivity contribution >= 4 is 19.1 Å². The second-order valence-corrected chi connectivity index (χ2v) is 7.06. The van der Waals surface area contributed by atoms with E-state index in [0.717, 1.165) is 24.3 Å². The molecule has 0 saturated carbocycles. The van der Waals surface area contributed by atoms with Crippen LogP contribution < -0.4 is 5.32 Å². The number of nitrogens with one attached hydrogen (secondary N) is 1. The summed E-state index contributed by atoms with van der Waals surface area (Å²) in [4.78, 5) is 26.2. The number of hydrogen-bond donors (Lipinski definition) is 3. The van der Waals surface area contributed by atoms with Crippen molar-refractivity contribution in [1.82, 2.24) is 10.2 Å². The summed E-state index contributed by atoms with van der Waals surface area (Å²) in [6, 6.07) is 9.07. The largest absolute Gasteiger partial charge is 0.635 e. The molecule has 0 aliphatic rings. The monoisotopic (exact) mass is 470 g/mol. The Labute approximate surface area is 188 Å². The number of rotatable bonds is 10. The smallest absolute Gasteiger partial charge is 0.402 e. The molecular formula is C21H23BF4N2O5. The molecule has 12 heteroatoms. The van der Waals surface area contributed by atoms with Crippen LogP contribution in [0.3, 0.4) is 0 Å². The molecule has 0 spiro atoms. The molecular weight excluding hydrogens is 447 g/mol. The minimum atomic E-state index is -4.52. The van der Waals surface area contributed by atoms with Crippen molar-refractivity contribution in [2.24, 2.45) is 0 Å². The Kier molecular flexibility index (Phi) is 9.38. The predicted molar refractivity (Wildman–Crippen MR) is 111 cm³/mol. The van der Waals surface area contributed by atoms with Crippen LogP contribution in [0.15, 0.2) is 48.5 Å². The molecule has 0 unspecified atom stereocenters. The Bertz CT molecular complexity index is 924. The number of alkyl halides is 3. The van der Waals surface area contributed by atoms with E-state index in [2.05, 4.69) is 5.32 Å². The van der Waals surface area contributed by atoms with Crippen molar-refractivity contribution in [1.29, 1.82) is 0 Å². The van der Waals surface area contributed by atoms with Crippen molar-refractivity contribution in [3.05, 3.63) is 71.0 Å². The summed E-state index contributed by atoms with van der Waals surface area (Å²) in [5.74, 6) is -1.56. The maximum atomic E-state index is 13.1. The summed E-state index contributed by atoms with van der Waals surface area (Å²) >= 11 is 0. The van der Waals surface area contributed by atoms with Crippen LogP contribution in [0.5, 0.6) is 0 Å². The molecule has 2 aromatic carbocycles. The first-order chi connectivity index (χ1) is 15.5. The van der Waals surface area contributed by atoms with Gasteiger partial charge in [0, 0.05) is 31.5 Å². The second-order valence-electron chi connectivity index (χ2n) is 7.06. The molecule has 178 valence electrons. The SMILES string of the molecule is CCN(CCC(=O)N[C@@H](Cc1ccc(F)cc1)OB(O)O)C(=O)c1ccc(C(F)(F)F)cc1. The van der Waals surface area contributed by atoms with Gasteiger partial charge in [-0.05, 0) is 48.9 Å². The first kappa shape index (κ1) is 26.3. The highest BCUT2D eigenvalue weighted by Crippen LogP contribution is 2.29. The van der Waals surface area contributed by atoms with Crippen molar-refractivity contribution in [3.63, 3.8) is 0 Å². The Morgan fingerprint density at radius 1 is 1.09 bits per heavy atom. The van der Waals surface area contributed by atoms with Crippen LogP contribution in [0.25, 0.3) is 0 Å². The highest BCUT2D eigenvalue weighted by molar-refractivity contribution is 6.32. The average molecular weight is 470 g/mol. The number of benzene rings is 2. The molecule has 0 heterocycles. The summed E-state index contributed by atoms with van der Waals surface area (Å²) in [6.07, 6.45) is -5.81. The Morgan fingerprint density at radius 2 is 1.70 bits per heavy atom. The summed E-state index contributed by atoms with van der Waals surface area (Å²) in [5, 5.41) is 20.6. The third-order valence-corrected chi connectivity index (χ3v) is 4.68. The highest BCUT2D eigenvalue weighted by Gasteiger charge is 2.30. The van der Waals surface area contributed by atoms with E-state index >= 15 is 0 Å². The topological polar surface area (TPSA) is 99.1 Å². The number of halogens is 4. The van der Waals surface area contributed by atoms with Gasteiger partial charge in [0.05, 0.1) is 5.56 Å². The van der Waals surface area contributed by atoms with Crippen molar-refractivity contribution in [3.8, 4) is 0 Å². The lowest BCUT2D eigenvalue weighted by Gasteiger charge is -2.23. The third-order valence-electron chi connectivity index (χ3n) is 4.68. The van der Waals surface area contributed by atoms with Crippen molar-refractivity contribution < 1.29 is 41.9 Å². The lowest BCUT2D eigenvalue weighted by Crippen LogP contribution is -2.43. The predicted octanol–water partition coefficient (Wildman–Crippen LogP) is 2.37. The standard InChI is InChI=1S/C21H23BF4N2O5/c1-2-28(20(30)15-5-7-16(8-6-15)21(24,25)26)12-11-18(29)27-19(33-22(31)32)13-14-3-9-17(23)10-4-14/h3-10,19,31-32H,2,11-13H2,1H3,(H,27,29)/t19-/m1/s1. The summed E-state index contributed by atoms with van der Waals surface area (Å²) in [7, 11) is -2.16. The number of amides is 2. The van der Waals surface area contributed by atoms with Crippen LogP contribution in [0.1, 0.15) is 34.8 Å². The third kappa shape index (κ3) is 8.48. The van der Waals surface area contributed by atoms with E-state index in [0.29, 0.717) is 5.56 Å². The van der Waals surface area contributed by atoms with Gasteiger partial charge in [-0.1, -0.05) is 12.1 Å². The molecule has 0 aliphatic carbocycles. The quantitative estimate of drug-likeness (QED) is 0.282. The van der Waals surface area contributed by atoms with Crippen molar-refractivity contribution in [2.45, 2.75) is 32.2 Å². The number of nitrogens with zero attached hydrogens (tertiary/aromatic N) is 1. The van der Waals surface area contributed by atoms with Gasteiger partial charge in [0.1, 0.15) is 12.0 Å². The first-order valence-electron chi connectivity index (χ1n) is 10.0. The molecule has 0 aliphatic heterocycles. The van der Waals surface area contributed by atoms with Crippen LogP contribution in [0, 0.1) is 5.82 Å². The fraction of sp³-hybridized carbons (Fsp3) is 0.333. The fourth-order valence-corrected chi connectivity index (χ4v) is 2.99. The van der Waals surface area contributed by atoms with E-state index in [1.165, 1.54) is 29.2 Å². The molecule has 0 aromatic heterocycles. The molecule has 0 radical (unpaired) electrons. The van der Waals surface area contributed by atoms with Gasteiger partial charge in [0.25, 0.3) is 5.91 Å². The molecule has 2 aromatic rings. The molecule has 1 atom stereocenters. The zero-order valence-corrected chi connectivity index (χ0v) is 17.7. The molecule has 0 fully saturated rings. The van der Waals surface area contributed by atoms with Gasteiger partial charge in [-0.15, -0.1) is 0 Å². The van der Waals surface area contributed by atoms with Crippen LogP contribution >= 0.6 is 0 Å². The van der Waals surface area contributed by atoms with Gasteiger partial charge in [-0.25, -0.2) is 4.39 Å². The van der Waals surface area contributed by atoms with Gasteiger partial charge >= 0.3 is 13.5 Å². The summed E-state index contributed by atoms with van der Waals surface area (Å²) < 4.78 is 56.0. The van der Waals surface area contributed by atoms with E-state index in [9.17, 15) is 27.2 Å². The van der Waals surface area contributed by atoms with Gasteiger partial charge in [-0.3, -0.25) is 9.59 Å². The Morgan fingerprint density at radius 3 is 2.21 bits per heavy atom. The van der Waals surface area contributed by atoms with E-state index in [1.807, 2.05) is 0 Å². The number of carbonyl (C=O) groups excluding carboxylic acids is 2. The molecule has 33 heavy (non-hydrogen) atoms. The molecule has 7 nitrogen and oxygen atoms in total. The van der Waals surface area contributed by atoms with Crippen LogP contribution in [0.2, 0.25) is 0 Å². The number of hydrogen-bond acceptors (Lipinski definition) is 5. The van der Waals surface area contributed by atoms with Gasteiger partial charge in [-0.2, -0.15) is 13.2 Å². The minimum Gasteiger partial charge on any atom is -0.402 e. The maximum absolute atomic E-state index is 13.1. The van der Waals surface area contributed by atoms with Crippen molar-refractivity contribution in [2.75, 3.05) is 13.1 Å². The maximum Gasteiger partial charge on any atom is 0.635 e. The van der Waals surface area contributed by atoms with E-state index < -0.39 is 42.9 Å². The van der Waals surface area contributed by atoms with Gasteiger partial charge < -0.3 is 24.9 Å². The zero-order valence-electron chi connectivity index (χ0n) is 17.7. The lowest BCUT2D eigenvalue weighted by atomic mass is 10.1. The normalized spacial score (nSPS) is 12.2.